The van der Waals surface area contributed by atoms with Gasteiger partial charge in [-0.05, 0) is 35.5 Å². The molecule has 0 spiro atoms. The summed E-state index contributed by atoms with van der Waals surface area (Å²) in [6.07, 6.45) is 1.54. The summed E-state index contributed by atoms with van der Waals surface area (Å²) in [6.45, 7) is 0.514. The molecule has 0 unspecified atom stereocenters. The first-order valence-electron chi connectivity index (χ1n) is 4.71. The minimum Gasteiger partial charge on any atom is -0.326 e. The Morgan fingerprint density at radius 3 is 2.94 bits per heavy atom. The van der Waals surface area contributed by atoms with Crippen molar-refractivity contribution in [2.45, 2.75) is 16.6 Å². The van der Waals surface area contributed by atoms with Crippen molar-refractivity contribution in [3.05, 3.63) is 34.6 Å². The maximum atomic E-state index is 5.71. The van der Waals surface area contributed by atoms with E-state index in [1.54, 1.807) is 22.8 Å². The largest absolute Gasteiger partial charge is 0.326 e. The lowest BCUT2D eigenvalue weighted by Crippen LogP contribution is -1.99. The maximum absolute atomic E-state index is 5.71. The topological polar surface area (TPSA) is 56.7 Å². The molecule has 0 atom stereocenters. The van der Waals surface area contributed by atoms with Crippen LogP contribution in [0.1, 0.15) is 5.56 Å². The summed E-state index contributed by atoms with van der Waals surface area (Å²) in [5.74, 6) is 0. The highest BCUT2D eigenvalue weighted by Gasteiger charge is 2.07. The van der Waals surface area contributed by atoms with E-state index in [1.165, 1.54) is 0 Å². The summed E-state index contributed by atoms with van der Waals surface area (Å²) in [7, 11) is 1.87. The Balaban J connectivity index is 2.31. The maximum Gasteiger partial charge on any atom is 0.190 e. The zero-order chi connectivity index (χ0) is 11.5. The Morgan fingerprint density at radius 2 is 2.31 bits per heavy atom. The molecule has 1 aromatic heterocycles. The van der Waals surface area contributed by atoms with Crippen LogP contribution in [0.15, 0.2) is 39.1 Å². The molecule has 84 valence electrons. The van der Waals surface area contributed by atoms with Crippen molar-refractivity contribution in [3.8, 4) is 0 Å². The Bertz CT molecular complexity index is 497. The van der Waals surface area contributed by atoms with E-state index < -0.39 is 0 Å². The third-order valence-corrected chi connectivity index (χ3v) is 3.78. The monoisotopic (exact) mass is 298 g/mol. The highest BCUT2D eigenvalue weighted by Crippen LogP contribution is 2.30. The normalized spacial score (nSPS) is 10.7. The molecule has 0 bridgehead atoms. The molecule has 16 heavy (non-hydrogen) atoms. The molecule has 2 rings (SSSR count). The van der Waals surface area contributed by atoms with E-state index in [1.807, 2.05) is 25.2 Å². The van der Waals surface area contributed by atoms with Gasteiger partial charge in [0.25, 0.3) is 0 Å². The van der Waals surface area contributed by atoms with Crippen molar-refractivity contribution in [3.63, 3.8) is 0 Å². The van der Waals surface area contributed by atoms with Crippen LogP contribution >= 0.6 is 27.7 Å². The van der Waals surface area contributed by atoms with E-state index in [4.69, 9.17) is 5.73 Å². The summed E-state index contributed by atoms with van der Waals surface area (Å²) in [4.78, 5) is 5.28. The number of hydrogen-bond donors (Lipinski definition) is 1. The van der Waals surface area contributed by atoms with E-state index in [9.17, 15) is 0 Å². The number of hydrogen-bond acceptors (Lipinski definition) is 4. The molecular weight excluding hydrogens is 288 g/mol. The van der Waals surface area contributed by atoms with Crippen molar-refractivity contribution in [1.29, 1.82) is 0 Å². The van der Waals surface area contributed by atoms with Gasteiger partial charge in [0.1, 0.15) is 6.33 Å². The predicted molar refractivity (Wildman–Crippen MR) is 67.2 cm³/mol. The van der Waals surface area contributed by atoms with Crippen molar-refractivity contribution in [2.24, 2.45) is 12.8 Å². The summed E-state index contributed by atoms with van der Waals surface area (Å²) >= 11 is 5.00. The summed E-state index contributed by atoms with van der Waals surface area (Å²) < 4.78 is 2.78. The molecule has 0 aliphatic heterocycles. The van der Waals surface area contributed by atoms with Gasteiger partial charge in [-0.2, -0.15) is 5.10 Å². The molecule has 2 aromatic rings. The molecule has 0 amide bonds. The van der Waals surface area contributed by atoms with Gasteiger partial charge >= 0.3 is 0 Å². The van der Waals surface area contributed by atoms with Crippen molar-refractivity contribution in [1.82, 2.24) is 14.8 Å². The molecular formula is C10H11BrN4S. The number of aryl methyl sites for hydroxylation is 1. The van der Waals surface area contributed by atoms with Crippen LogP contribution in [0, 0.1) is 0 Å². The second-order valence-electron chi connectivity index (χ2n) is 3.22. The number of aromatic nitrogens is 3. The standard InChI is InChI=1S/C10H11BrN4S/c1-15-10(13-6-14-15)16-9-3-2-8(11)4-7(9)5-12/h2-4,6H,5,12H2,1H3. The first kappa shape index (κ1) is 11.6. The molecule has 0 fully saturated rings. The van der Waals surface area contributed by atoms with E-state index in [-0.39, 0.29) is 0 Å². The van der Waals surface area contributed by atoms with Gasteiger partial charge in [-0.1, -0.05) is 15.9 Å². The zero-order valence-corrected chi connectivity index (χ0v) is 11.1. The quantitative estimate of drug-likeness (QED) is 0.944. The summed E-state index contributed by atoms with van der Waals surface area (Å²) in [5, 5.41) is 4.89. The number of benzene rings is 1. The average molecular weight is 299 g/mol. The van der Waals surface area contributed by atoms with Gasteiger partial charge in [0.2, 0.25) is 0 Å². The van der Waals surface area contributed by atoms with Gasteiger partial charge in [0, 0.05) is 23.0 Å². The Labute approximate surface area is 106 Å². The van der Waals surface area contributed by atoms with Crippen LogP contribution in [0.4, 0.5) is 0 Å². The van der Waals surface area contributed by atoms with Gasteiger partial charge < -0.3 is 5.73 Å². The van der Waals surface area contributed by atoms with Gasteiger partial charge in [-0.25, -0.2) is 9.67 Å². The van der Waals surface area contributed by atoms with Gasteiger partial charge in [0.15, 0.2) is 5.16 Å². The SMILES string of the molecule is Cn1ncnc1Sc1ccc(Br)cc1CN. The molecule has 1 heterocycles. The number of rotatable bonds is 3. The van der Waals surface area contributed by atoms with Crippen LogP contribution in [-0.2, 0) is 13.6 Å². The summed E-state index contributed by atoms with van der Waals surface area (Å²) in [5.41, 5.74) is 6.81. The van der Waals surface area contributed by atoms with Crippen molar-refractivity contribution < 1.29 is 0 Å². The Kier molecular flexibility index (Phi) is 3.63. The van der Waals surface area contributed by atoms with Crippen LogP contribution in [0.2, 0.25) is 0 Å². The molecule has 4 nitrogen and oxygen atoms in total. The van der Waals surface area contributed by atoms with Gasteiger partial charge in [0.05, 0.1) is 0 Å². The smallest absolute Gasteiger partial charge is 0.190 e. The van der Waals surface area contributed by atoms with Crippen LogP contribution < -0.4 is 5.73 Å². The lowest BCUT2D eigenvalue weighted by atomic mass is 10.2. The second kappa shape index (κ2) is 4.99. The van der Waals surface area contributed by atoms with Gasteiger partial charge in [-0.15, -0.1) is 0 Å². The van der Waals surface area contributed by atoms with Crippen LogP contribution in [-0.4, -0.2) is 14.8 Å². The van der Waals surface area contributed by atoms with Crippen LogP contribution in [0.3, 0.4) is 0 Å². The van der Waals surface area contributed by atoms with Crippen molar-refractivity contribution >= 4 is 27.7 Å². The lowest BCUT2D eigenvalue weighted by Gasteiger charge is -2.06. The molecule has 0 aliphatic rings. The molecule has 1 aromatic carbocycles. The first-order chi connectivity index (χ1) is 7.70. The van der Waals surface area contributed by atoms with E-state index in [2.05, 4.69) is 26.0 Å². The molecule has 6 heteroatoms. The fourth-order valence-corrected chi connectivity index (χ4v) is 2.58. The second-order valence-corrected chi connectivity index (χ2v) is 5.15. The third kappa shape index (κ3) is 2.45. The third-order valence-electron chi connectivity index (χ3n) is 2.11. The number of halogens is 1. The number of nitrogens with zero attached hydrogens (tertiary/aromatic N) is 3. The molecule has 0 saturated carbocycles. The Hall–Kier alpha value is -0.850. The van der Waals surface area contributed by atoms with E-state index in [0.29, 0.717) is 6.54 Å². The summed E-state index contributed by atoms with van der Waals surface area (Å²) in [6, 6.07) is 6.06. The van der Waals surface area contributed by atoms with Gasteiger partial charge in [-0.3, -0.25) is 0 Å². The molecule has 0 radical (unpaired) electrons. The highest BCUT2D eigenvalue weighted by atomic mass is 79.9. The first-order valence-corrected chi connectivity index (χ1v) is 6.32. The zero-order valence-electron chi connectivity index (χ0n) is 8.72. The minimum atomic E-state index is 0.514. The predicted octanol–water partition coefficient (Wildman–Crippen LogP) is 2.19. The highest BCUT2D eigenvalue weighted by molar-refractivity contribution is 9.10. The average Bonchev–Trinajstić information content (AvgIpc) is 2.67. The fraction of sp³-hybridized carbons (Fsp3) is 0.200. The van der Waals surface area contributed by atoms with E-state index in [0.717, 1.165) is 20.1 Å². The molecule has 2 N–H and O–H groups in total. The van der Waals surface area contributed by atoms with Crippen LogP contribution in [0.5, 0.6) is 0 Å². The molecule has 0 saturated heterocycles. The minimum absolute atomic E-state index is 0.514. The van der Waals surface area contributed by atoms with E-state index >= 15 is 0 Å². The van der Waals surface area contributed by atoms with Crippen molar-refractivity contribution in [2.75, 3.05) is 0 Å². The van der Waals surface area contributed by atoms with Crippen LogP contribution in [0.25, 0.3) is 0 Å². The Morgan fingerprint density at radius 1 is 1.50 bits per heavy atom. The number of nitrogens with two attached hydrogens (primary N) is 1. The molecule has 0 aliphatic carbocycles. The lowest BCUT2D eigenvalue weighted by molar-refractivity contribution is 0.685. The fourth-order valence-electron chi connectivity index (χ4n) is 1.28.